The number of benzene rings is 1. The van der Waals surface area contributed by atoms with Gasteiger partial charge in [-0.25, -0.2) is 4.98 Å². The molecule has 2 N–H and O–H groups in total. The second kappa shape index (κ2) is 10.8. The fraction of sp³-hybridized carbons (Fsp3) is 0.412. The second-order valence-electron chi connectivity index (χ2n) is 5.62. The van der Waals surface area contributed by atoms with Gasteiger partial charge in [0.15, 0.2) is 11.7 Å². The van der Waals surface area contributed by atoms with Crippen molar-refractivity contribution in [1.29, 1.82) is 0 Å². The normalized spacial score (nSPS) is 11.2. The Balaban J connectivity index is 0.00000288. The molecule has 0 aliphatic rings. The zero-order valence-corrected chi connectivity index (χ0v) is 17.7. The molecule has 0 fully saturated rings. The number of carbonyl (C=O) groups excluding carboxylic acids is 1. The lowest BCUT2D eigenvalue weighted by Gasteiger charge is -2.23. The van der Waals surface area contributed by atoms with E-state index in [1.54, 1.807) is 11.9 Å². The maximum Gasteiger partial charge on any atom is 0.223 e. The van der Waals surface area contributed by atoms with Gasteiger partial charge in [0.1, 0.15) is 0 Å². The number of aromatic nitrogens is 1. The predicted octanol–water partition coefficient (Wildman–Crippen LogP) is 3.99. The minimum atomic E-state index is 0. The summed E-state index contributed by atoms with van der Waals surface area (Å²) in [6.07, 6.45) is 0.846. The summed E-state index contributed by atoms with van der Waals surface area (Å²) in [5, 5.41) is 0. The first kappa shape index (κ1) is 23.9. The van der Waals surface area contributed by atoms with E-state index in [9.17, 15) is 4.79 Å². The van der Waals surface area contributed by atoms with Crippen molar-refractivity contribution in [1.82, 2.24) is 9.88 Å². The van der Waals surface area contributed by atoms with E-state index in [0.717, 1.165) is 21.5 Å². The molecule has 140 valence electrons. The summed E-state index contributed by atoms with van der Waals surface area (Å²) in [5.41, 5.74) is 7.40. The van der Waals surface area contributed by atoms with Crippen molar-refractivity contribution in [3.8, 4) is 11.3 Å². The van der Waals surface area contributed by atoms with Crippen LogP contribution in [0.25, 0.3) is 11.3 Å². The Morgan fingerprint density at radius 3 is 2.48 bits per heavy atom. The predicted molar refractivity (Wildman–Crippen MR) is 108 cm³/mol. The summed E-state index contributed by atoms with van der Waals surface area (Å²) in [6, 6.07) is 7.91. The van der Waals surface area contributed by atoms with Crippen LogP contribution in [0, 0.1) is 6.92 Å². The van der Waals surface area contributed by atoms with Gasteiger partial charge in [0.25, 0.3) is 0 Å². The van der Waals surface area contributed by atoms with E-state index in [-0.39, 0.29) is 36.8 Å². The number of amides is 1. The van der Waals surface area contributed by atoms with Gasteiger partial charge in [0, 0.05) is 42.5 Å². The Labute approximate surface area is 169 Å². The molecule has 2 aromatic rings. The van der Waals surface area contributed by atoms with Crippen molar-refractivity contribution >= 4 is 46.7 Å². The number of hydrogen-bond acceptors (Lipinski definition) is 4. The number of rotatable bonds is 6. The van der Waals surface area contributed by atoms with E-state index in [4.69, 9.17) is 10.2 Å². The van der Waals surface area contributed by atoms with Crippen LogP contribution in [0.1, 0.15) is 24.9 Å². The maximum atomic E-state index is 12.1. The van der Waals surface area contributed by atoms with Gasteiger partial charge in [-0.2, -0.15) is 0 Å². The molecule has 0 saturated heterocycles. The van der Waals surface area contributed by atoms with Gasteiger partial charge in [-0.1, -0.05) is 28.1 Å². The summed E-state index contributed by atoms with van der Waals surface area (Å²) in [6.45, 7) is 4.29. The molecule has 0 saturated carbocycles. The average molecular weight is 453 g/mol. The molecule has 5 nitrogen and oxygen atoms in total. The van der Waals surface area contributed by atoms with Crippen LogP contribution in [0.15, 0.2) is 33.2 Å². The Morgan fingerprint density at radius 1 is 1.32 bits per heavy atom. The number of hydrogen-bond donors (Lipinski definition) is 1. The van der Waals surface area contributed by atoms with E-state index in [1.165, 1.54) is 0 Å². The number of nitrogens with two attached hydrogens (primary N) is 1. The number of aryl methyl sites for hydroxylation is 2. The molecule has 1 amide bonds. The largest absolute Gasteiger partial charge is 0.440 e. The summed E-state index contributed by atoms with van der Waals surface area (Å²) in [7, 11) is 1.77. The van der Waals surface area contributed by atoms with Crippen molar-refractivity contribution in [2.45, 2.75) is 32.7 Å². The van der Waals surface area contributed by atoms with Crippen molar-refractivity contribution < 1.29 is 9.21 Å². The van der Waals surface area contributed by atoms with Gasteiger partial charge in [-0.3, -0.25) is 4.79 Å². The van der Waals surface area contributed by atoms with E-state index >= 15 is 0 Å². The van der Waals surface area contributed by atoms with Crippen LogP contribution in [0.4, 0.5) is 0 Å². The second-order valence-corrected chi connectivity index (χ2v) is 6.53. The molecule has 2 rings (SSSR count). The minimum absolute atomic E-state index is 0. The minimum Gasteiger partial charge on any atom is -0.440 e. The highest BCUT2D eigenvalue weighted by molar-refractivity contribution is 9.10. The van der Waals surface area contributed by atoms with E-state index < -0.39 is 0 Å². The molecular weight excluding hydrogens is 429 g/mol. The summed E-state index contributed by atoms with van der Waals surface area (Å²) in [4.78, 5) is 18.2. The first-order valence-corrected chi connectivity index (χ1v) is 8.39. The number of halogens is 3. The van der Waals surface area contributed by atoms with Crippen LogP contribution in [0.5, 0.6) is 0 Å². The third kappa shape index (κ3) is 6.29. The van der Waals surface area contributed by atoms with E-state index in [2.05, 4.69) is 20.9 Å². The molecule has 0 radical (unpaired) electrons. The molecule has 0 aliphatic heterocycles. The van der Waals surface area contributed by atoms with Crippen molar-refractivity contribution in [2.24, 2.45) is 5.73 Å². The molecule has 1 aromatic heterocycles. The summed E-state index contributed by atoms with van der Waals surface area (Å²) < 4.78 is 6.85. The van der Waals surface area contributed by atoms with E-state index in [1.807, 2.05) is 38.1 Å². The number of oxazole rings is 1. The van der Waals surface area contributed by atoms with Crippen LogP contribution in [0.3, 0.4) is 0 Å². The SMILES string of the molecule is Cc1nc(CCC(=O)N(C)C(C)CN)oc1-c1ccc(Br)cc1.Cl.Cl. The lowest BCUT2D eigenvalue weighted by molar-refractivity contribution is -0.131. The number of nitrogens with zero attached hydrogens (tertiary/aromatic N) is 2. The van der Waals surface area contributed by atoms with Gasteiger partial charge >= 0.3 is 0 Å². The quantitative estimate of drug-likeness (QED) is 0.718. The molecule has 1 heterocycles. The average Bonchev–Trinajstić information content (AvgIpc) is 2.92. The highest BCUT2D eigenvalue weighted by atomic mass is 79.9. The summed E-state index contributed by atoms with van der Waals surface area (Å²) >= 11 is 3.42. The van der Waals surface area contributed by atoms with Gasteiger partial charge in [-0.05, 0) is 26.0 Å². The molecule has 1 atom stereocenters. The third-order valence-corrected chi connectivity index (χ3v) is 4.42. The Bertz CT molecular complexity index is 677. The van der Waals surface area contributed by atoms with Gasteiger partial charge in [0.05, 0.1) is 5.69 Å². The Hall–Kier alpha value is -1.08. The first-order chi connectivity index (χ1) is 10.9. The maximum absolute atomic E-state index is 12.1. The lowest BCUT2D eigenvalue weighted by Crippen LogP contribution is -2.39. The standard InChI is InChI=1S/C17H22BrN3O2.2ClH/c1-11(10-19)21(3)16(22)9-8-15-20-12(2)17(23-15)13-4-6-14(18)7-5-13;;/h4-7,11H,8-10,19H2,1-3H3;2*1H. The van der Waals surface area contributed by atoms with Gasteiger partial charge in [0.2, 0.25) is 5.91 Å². The third-order valence-electron chi connectivity index (χ3n) is 3.90. The smallest absolute Gasteiger partial charge is 0.223 e. The van der Waals surface area contributed by atoms with Gasteiger partial charge < -0.3 is 15.1 Å². The highest BCUT2D eigenvalue weighted by Gasteiger charge is 2.17. The van der Waals surface area contributed by atoms with Crippen LogP contribution in [-0.4, -0.2) is 35.4 Å². The topological polar surface area (TPSA) is 72.4 Å². The van der Waals surface area contributed by atoms with Crippen LogP contribution in [0.2, 0.25) is 0 Å². The van der Waals surface area contributed by atoms with Crippen LogP contribution >= 0.6 is 40.7 Å². The van der Waals surface area contributed by atoms with Crippen molar-refractivity contribution in [3.05, 3.63) is 40.3 Å². The molecule has 8 heteroatoms. The number of carbonyl (C=O) groups is 1. The molecule has 0 spiro atoms. The zero-order chi connectivity index (χ0) is 17.0. The zero-order valence-electron chi connectivity index (χ0n) is 14.5. The van der Waals surface area contributed by atoms with Crippen LogP contribution < -0.4 is 5.73 Å². The monoisotopic (exact) mass is 451 g/mol. The fourth-order valence-corrected chi connectivity index (χ4v) is 2.49. The lowest BCUT2D eigenvalue weighted by atomic mass is 10.1. The molecule has 1 aromatic carbocycles. The van der Waals surface area contributed by atoms with Crippen LogP contribution in [-0.2, 0) is 11.2 Å². The number of likely N-dealkylation sites (N-methyl/N-ethyl adjacent to an activating group) is 1. The molecule has 0 aliphatic carbocycles. The first-order valence-electron chi connectivity index (χ1n) is 7.60. The van der Waals surface area contributed by atoms with Gasteiger partial charge in [-0.15, -0.1) is 24.8 Å². The molecule has 0 bridgehead atoms. The Morgan fingerprint density at radius 2 is 1.92 bits per heavy atom. The molecular formula is C17H24BrCl2N3O2. The summed E-state index contributed by atoms with van der Waals surface area (Å²) in [5.74, 6) is 1.38. The molecule has 25 heavy (non-hydrogen) atoms. The molecule has 1 unspecified atom stereocenters. The Kier molecular flexibility index (Phi) is 10.3. The van der Waals surface area contributed by atoms with Crippen molar-refractivity contribution in [2.75, 3.05) is 13.6 Å². The van der Waals surface area contributed by atoms with E-state index in [0.29, 0.717) is 25.3 Å². The highest BCUT2D eigenvalue weighted by Crippen LogP contribution is 2.26. The fourth-order valence-electron chi connectivity index (χ4n) is 2.22. The van der Waals surface area contributed by atoms with Crippen molar-refractivity contribution in [3.63, 3.8) is 0 Å².